The van der Waals surface area contributed by atoms with E-state index < -0.39 is 0 Å². The first-order valence-corrected chi connectivity index (χ1v) is 20.3. The zero-order chi connectivity index (χ0) is 38.4. The van der Waals surface area contributed by atoms with Crippen LogP contribution in [0.4, 0.5) is 0 Å². The fourth-order valence-corrected chi connectivity index (χ4v) is 10.2. The minimum atomic E-state index is -0.226. The molecule has 1 atom stereocenters. The average Bonchev–Trinajstić information content (AvgIpc) is 3.55. The lowest BCUT2D eigenvalue weighted by Crippen LogP contribution is -2.22. The van der Waals surface area contributed by atoms with Crippen LogP contribution in [0.1, 0.15) is 23.6 Å². The van der Waals surface area contributed by atoms with E-state index in [0.717, 1.165) is 0 Å². The zero-order valence-electron chi connectivity index (χ0n) is 32.2. The molecule has 0 heteroatoms. The summed E-state index contributed by atoms with van der Waals surface area (Å²) >= 11 is 0. The lowest BCUT2D eigenvalue weighted by molar-refractivity contribution is 0.715. The van der Waals surface area contributed by atoms with Gasteiger partial charge in [-0.05, 0) is 147 Å². The van der Waals surface area contributed by atoms with Crippen molar-refractivity contribution in [2.24, 2.45) is 0 Å². The molecule has 11 aromatic rings. The summed E-state index contributed by atoms with van der Waals surface area (Å²) in [5.74, 6) is 0. The third-order valence-electron chi connectivity index (χ3n) is 13.1. The number of fused-ring (bicyclic) bond motifs is 4. The summed E-state index contributed by atoms with van der Waals surface area (Å²) in [5.41, 5.74) is 16.4. The van der Waals surface area contributed by atoms with E-state index in [1.54, 1.807) is 0 Å². The predicted octanol–water partition coefficient (Wildman–Crippen LogP) is 15.7. The Kier molecular flexibility index (Phi) is 7.16. The largest absolute Gasteiger partial charge is 0.0622 e. The van der Waals surface area contributed by atoms with E-state index in [1.165, 1.54) is 115 Å². The van der Waals surface area contributed by atoms with Crippen LogP contribution in [0.15, 0.2) is 212 Å². The van der Waals surface area contributed by atoms with E-state index in [-0.39, 0.29) is 5.41 Å². The van der Waals surface area contributed by atoms with Crippen LogP contribution in [0, 0.1) is 0 Å². The van der Waals surface area contributed by atoms with Gasteiger partial charge in [0.05, 0.1) is 0 Å². The van der Waals surface area contributed by atoms with Gasteiger partial charge in [-0.15, -0.1) is 0 Å². The molecule has 0 saturated carbocycles. The number of hydrogen-bond acceptors (Lipinski definition) is 0. The van der Waals surface area contributed by atoms with Crippen LogP contribution in [0.25, 0.3) is 98.7 Å². The fourth-order valence-electron chi connectivity index (χ4n) is 10.2. The fraction of sp³-hybridized carbons (Fsp3) is 0.0345. The van der Waals surface area contributed by atoms with Crippen molar-refractivity contribution in [2.45, 2.75) is 12.3 Å². The normalized spacial score (nSPS) is 14.7. The van der Waals surface area contributed by atoms with Crippen molar-refractivity contribution >= 4 is 43.1 Å². The van der Waals surface area contributed by atoms with Gasteiger partial charge in [0.1, 0.15) is 0 Å². The van der Waals surface area contributed by atoms with Crippen molar-refractivity contribution in [3.8, 4) is 55.6 Å². The van der Waals surface area contributed by atoms with E-state index in [9.17, 15) is 0 Å². The first-order valence-electron chi connectivity index (χ1n) is 20.3. The van der Waals surface area contributed by atoms with Gasteiger partial charge in [-0.3, -0.25) is 0 Å². The van der Waals surface area contributed by atoms with Crippen LogP contribution < -0.4 is 0 Å². The Morgan fingerprint density at radius 2 is 0.845 bits per heavy atom. The average molecular weight is 735 g/mol. The van der Waals surface area contributed by atoms with E-state index in [1.807, 2.05) is 0 Å². The summed E-state index contributed by atoms with van der Waals surface area (Å²) in [7, 11) is 0. The second-order valence-electron chi connectivity index (χ2n) is 16.1. The van der Waals surface area contributed by atoms with Gasteiger partial charge >= 0.3 is 0 Å². The summed E-state index contributed by atoms with van der Waals surface area (Å²) < 4.78 is 0. The third-order valence-corrected chi connectivity index (χ3v) is 13.1. The highest BCUT2D eigenvalue weighted by atomic mass is 14.4. The number of hydrogen-bond donors (Lipinski definition) is 0. The Morgan fingerprint density at radius 3 is 1.62 bits per heavy atom. The first-order chi connectivity index (χ1) is 28.6. The number of rotatable bonds is 5. The van der Waals surface area contributed by atoms with Crippen molar-refractivity contribution in [3.63, 3.8) is 0 Å². The number of benzene rings is 11. The molecular formula is C58H38. The minimum Gasteiger partial charge on any atom is -0.0622 e. The van der Waals surface area contributed by atoms with Crippen molar-refractivity contribution in [1.82, 2.24) is 0 Å². The zero-order valence-corrected chi connectivity index (χ0v) is 32.2. The van der Waals surface area contributed by atoms with Crippen LogP contribution in [-0.2, 0) is 5.41 Å². The molecule has 0 radical (unpaired) electrons. The summed E-state index contributed by atoms with van der Waals surface area (Å²) in [6.45, 7) is 2.40. The van der Waals surface area contributed by atoms with Crippen LogP contribution in [0.5, 0.6) is 0 Å². The van der Waals surface area contributed by atoms with Gasteiger partial charge in [-0.1, -0.05) is 188 Å². The highest BCUT2D eigenvalue weighted by Crippen LogP contribution is 2.53. The van der Waals surface area contributed by atoms with E-state index in [0.29, 0.717) is 0 Å². The molecule has 58 heavy (non-hydrogen) atoms. The molecule has 0 amide bonds. The highest BCUT2D eigenvalue weighted by Gasteiger charge is 2.40. The van der Waals surface area contributed by atoms with Gasteiger partial charge in [-0.2, -0.15) is 0 Å². The molecule has 0 spiro atoms. The summed E-state index contributed by atoms with van der Waals surface area (Å²) in [6.07, 6.45) is 0. The summed E-state index contributed by atoms with van der Waals surface area (Å²) in [4.78, 5) is 0. The first kappa shape index (κ1) is 32.9. The molecule has 11 aromatic carbocycles. The Hall–Kier alpha value is -7.28. The highest BCUT2D eigenvalue weighted by molar-refractivity contribution is 6.27. The molecule has 270 valence electrons. The van der Waals surface area contributed by atoms with Crippen LogP contribution in [0.3, 0.4) is 0 Å². The van der Waals surface area contributed by atoms with Crippen molar-refractivity contribution in [2.75, 3.05) is 0 Å². The topological polar surface area (TPSA) is 0 Å². The van der Waals surface area contributed by atoms with Crippen molar-refractivity contribution < 1.29 is 0 Å². The SMILES string of the molecule is CC1(c2ccccc2)c2ccccc2-c2cc3ccc(-c4cccc(-c5ccccc5-c5ccc6ccc7c(-c8ccccc8)ccc8ccc5c6c87)c4)cc3cc21. The molecule has 0 nitrogen and oxygen atoms in total. The molecule has 0 saturated heterocycles. The Balaban J connectivity index is 0.978. The molecule has 0 bridgehead atoms. The quantitative estimate of drug-likeness (QED) is 0.154. The lowest BCUT2D eigenvalue weighted by atomic mass is 9.74. The summed E-state index contributed by atoms with van der Waals surface area (Å²) in [6, 6.07) is 79.1. The summed E-state index contributed by atoms with van der Waals surface area (Å²) in [5, 5.41) is 10.3. The Labute approximate surface area is 338 Å². The van der Waals surface area contributed by atoms with Gasteiger partial charge in [0.25, 0.3) is 0 Å². The lowest BCUT2D eigenvalue weighted by Gasteiger charge is -2.28. The molecule has 0 aromatic heterocycles. The van der Waals surface area contributed by atoms with Gasteiger partial charge in [0.2, 0.25) is 0 Å². The maximum atomic E-state index is 2.46. The molecule has 1 aliphatic rings. The van der Waals surface area contributed by atoms with Crippen LogP contribution in [-0.4, -0.2) is 0 Å². The van der Waals surface area contributed by atoms with Gasteiger partial charge in [0, 0.05) is 5.41 Å². The molecule has 1 aliphatic carbocycles. The van der Waals surface area contributed by atoms with Gasteiger partial charge < -0.3 is 0 Å². The molecule has 0 fully saturated rings. The minimum absolute atomic E-state index is 0.226. The molecular weight excluding hydrogens is 697 g/mol. The molecule has 0 heterocycles. The van der Waals surface area contributed by atoms with Crippen molar-refractivity contribution in [3.05, 3.63) is 229 Å². The Morgan fingerprint density at radius 1 is 0.276 bits per heavy atom. The van der Waals surface area contributed by atoms with E-state index in [2.05, 4.69) is 219 Å². The maximum Gasteiger partial charge on any atom is 0.0435 e. The smallest absolute Gasteiger partial charge is 0.0435 e. The van der Waals surface area contributed by atoms with Gasteiger partial charge in [0.15, 0.2) is 0 Å². The van der Waals surface area contributed by atoms with Crippen molar-refractivity contribution in [1.29, 1.82) is 0 Å². The predicted molar refractivity (Wildman–Crippen MR) is 247 cm³/mol. The monoisotopic (exact) mass is 734 g/mol. The molecule has 0 aliphatic heterocycles. The van der Waals surface area contributed by atoms with Gasteiger partial charge in [-0.25, -0.2) is 0 Å². The van der Waals surface area contributed by atoms with Crippen LogP contribution in [0.2, 0.25) is 0 Å². The third kappa shape index (κ3) is 4.82. The molecule has 0 N–H and O–H groups in total. The molecule has 1 unspecified atom stereocenters. The van der Waals surface area contributed by atoms with E-state index in [4.69, 9.17) is 0 Å². The Bertz CT molecular complexity index is 3390. The molecule has 12 rings (SSSR count). The standard InChI is InChI=1S/C58H38/c1-58(45-17-6-3-7-18-45)54-22-11-10-21-50(54)53-35-42-24-23-41(34-44(42)36-55(53)58)40-15-12-16-43(33-40)46-19-8-9-20-48(46)49-30-26-39-27-31-51-47(37-13-4-2-5-14-37)29-25-38-28-32-52(49)57(39)56(38)51/h2-36H,1H3. The maximum absolute atomic E-state index is 2.46. The second kappa shape index (κ2) is 12.6. The second-order valence-corrected chi connectivity index (χ2v) is 16.1. The van der Waals surface area contributed by atoms with E-state index >= 15 is 0 Å². The van der Waals surface area contributed by atoms with Crippen LogP contribution >= 0.6 is 0 Å².